The van der Waals surface area contributed by atoms with Crippen LogP contribution in [-0.2, 0) is 42.7 Å². The molecule has 10 N–H and O–H groups in total. The number of carbonyl (C=O) groups excluding carboxylic acids is 1. The van der Waals surface area contributed by atoms with Gasteiger partial charge in [-0.3, -0.25) is 4.79 Å². The fraction of sp³-hybridized carbons (Fsp3) is 0.889. The predicted molar refractivity (Wildman–Crippen MR) is 218 cm³/mol. The summed E-state index contributed by atoms with van der Waals surface area (Å²) in [4.78, 5) is 12.6. The molecule has 0 radical (unpaired) electrons. The van der Waals surface area contributed by atoms with Crippen LogP contribution in [0.3, 0.4) is 0 Å². The normalized spacial score (nSPS) is 54.2. The third kappa shape index (κ3) is 8.50. The highest BCUT2D eigenvalue weighted by Gasteiger charge is 2.59. The van der Waals surface area contributed by atoms with Gasteiger partial charge in [0.25, 0.3) is 0 Å². The van der Waals surface area contributed by atoms with Gasteiger partial charge in [-0.25, -0.2) is 0 Å². The van der Waals surface area contributed by atoms with Gasteiger partial charge in [-0.15, -0.1) is 0 Å². The largest absolute Gasteiger partial charge is 0.394 e. The summed E-state index contributed by atoms with van der Waals surface area (Å²) in [6.45, 7) is 9.96. The zero-order chi connectivity index (χ0) is 46.3. The van der Waals surface area contributed by atoms with Crippen molar-refractivity contribution in [2.45, 2.75) is 215 Å². The van der Waals surface area contributed by atoms with Crippen molar-refractivity contribution in [1.82, 2.24) is 0 Å². The first kappa shape index (κ1) is 48.9. The standard InChI is InChI=1S/C45H70O19/c1-17(47)24-9-10-25-23-8-7-21-15-22(11-13-44(21,5)26(23)12-14-45(24,25)6)60-43-39(64-41-34(54)31(51)29(49)19(3)58-41)36(56)38(27(16-46)61-43)63-42-35(55)32(52)37(20(4)59-42)62-40-33(53)30(50)28(48)18(2)57-40/h7,9,18-20,22-23,25-43,46,48-56H,8,10-16H2,1-6H3. The first-order chi connectivity index (χ1) is 30.2. The van der Waals surface area contributed by atoms with Gasteiger partial charge in [-0.05, 0) is 107 Å². The molecule has 364 valence electrons. The van der Waals surface area contributed by atoms with Crippen LogP contribution in [0, 0.1) is 28.6 Å². The average molecular weight is 915 g/mol. The fourth-order valence-electron chi connectivity index (χ4n) is 12.5. The van der Waals surface area contributed by atoms with E-state index in [1.54, 1.807) is 6.92 Å². The Bertz CT molecular complexity index is 1730. The molecule has 6 fully saturated rings. The van der Waals surface area contributed by atoms with Crippen LogP contribution in [0.15, 0.2) is 23.3 Å². The van der Waals surface area contributed by atoms with Gasteiger partial charge in [0.15, 0.2) is 30.9 Å². The van der Waals surface area contributed by atoms with E-state index in [1.165, 1.54) is 26.3 Å². The van der Waals surface area contributed by atoms with Gasteiger partial charge in [0.05, 0.1) is 31.0 Å². The number of carbonyl (C=O) groups is 1. The lowest BCUT2D eigenvalue weighted by Gasteiger charge is -2.58. The number of ether oxygens (including phenoxy) is 8. The molecule has 26 atom stereocenters. The smallest absolute Gasteiger partial charge is 0.187 e. The number of aliphatic hydroxyl groups excluding tert-OH is 10. The monoisotopic (exact) mass is 914 g/mol. The second-order valence-corrected chi connectivity index (χ2v) is 20.2. The number of aliphatic hydroxyl groups is 10. The summed E-state index contributed by atoms with van der Waals surface area (Å²) in [5, 5.41) is 108. The number of fused-ring (bicyclic) bond motifs is 5. The maximum atomic E-state index is 12.6. The average Bonchev–Trinajstić information content (AvgIpc) is 3.63. The Morgan fingerprint density at radius 1 is 0.594 bits per heavy atom. The first-order valence-electron chi connectivity index (χ1n) is 23.1. The third-order valence-corrected chi connectivity index (χ3v) is 16.4. The summed E-state index contributed by atoms with van der Waals surface area (Å²) >= 11 is 0. The van der Waals surface area contributed by atoms with Crippen LogP contribution in [0.1, 0.15) is 86.5 Å². The second kappa shape index (κ2) is 18.7. The highest BCUT2D eigenvalue weighted by molar-refractivity contribution is 5.95. The number of allylic oxidation sites excluding steroid dienone is 3. The molecule has 0 spiro atoms. The third-order valence-electron chi connectivity index (χ3n) is 16.4. The van der Waals surface area contributed by atoms with Crippen molar-refractivity contribution < 1.29 is 93.8 Å². The summed E-state index contributed by atoms with van der Waals surface area (Å²) in [7, 11) is 0. The Balaban J connectivity index is 0.984. The molecular weight excluding hydrogens is 844 g/mol. The van der Waals surface area contributed by atoms with E-state index in [1.807, 2.05) is 0 Å². The van der Waals surface area contributed by atoms with E-state index < -0.39 is 136 Å². The molecule has 0 aromatic heterocycles. The zero-order valence-corrected chi connectivity index (χ0v) is 37.3. The molecule has 0 aromatic carbocycles. The Kier molecular flexibility index (Phi) is 14.3. The molecule has 0 amide bonds. The molecule has 8 rings (SSSR count). The molecule has 8 aliphatic rings. The van der Waals surface area contributed by atoms with Gasteiger partial charge in [0.1, 0.15) is 79.4 Å². The number of Topliss-reactive ketones (excluding diaryl/α,β-unsaturated/α-hetero) is 1. The summed E-state index contributed by atoms with van der Waals surface area (Å²) < 4.78 is 48.2. The Morgan fingerprint density at radius 3 is 1.73 bits per heavy atom. The minimum atomic E-state index is -1.85. The summed E-state index contributed by atoms with van der Waals surface area (Å²) in [6, 6.07) is 0. The number of rotatable bonds is 10. The molecule has 26 unspecified atom stereocenters. The van der Waals surface area contributed by atoms with E-state index in [-0.39, 0.29) is 16.6 Å². The Labute approximate surface area is 372 Å². The summed E-state index contributed by atoms with van der Waals surface area (Å²) in [5.41, 5.74) is 2.03. The topological polar surface area (TPSA) is 293 Å². The molecule has 2 saturated carbocycles. The second-order valence-electron chi connectivity index (χ2n) is 20.2. The van der Waals surface area contributed by atoms with E-state index >= 15 is 0 Å². The lowest BCUT2D eigenvalue weighted by Crippen LogP contribution is -2.67. The van der Waals surface area contributed by atoms with Crippen molar-refractivity contribution in [2.24, 2.45) is 28.6 Å². The quantitative estimate of drug-likeness (QED) is 0.115. The maximum absolute atomic E-state index is 12.6. The Morgan fingerprint density at radius 2 is 1.14 bits per heavy atom. The SMILES string of the molecule is CC(=O)C1=CCC2C3CC=C4CC(OC5OC(CO)C(OC6OC(C)C(OC7OC(C)C(O)C(O)C7O)C(O)C6O)C(O)C5OC5OC(C)C(O)C(O)C5O)CCC4(C)C3CCC12C. The van der Waals surface area contributed by atoms with Gasteiger partial charge in [-0.2, -0.15) is 0 Å². The molecule has 4 saturated heterocycles. The Hall–Kier alpha value is -1.57. The zero-order valence-electron chi connectivity index (χ0n) is 37.3. The molecule has 19 heteroatoms. The van der Waals surface area contributed by atoms with E-state index in [4.69, 9.17) is 37.9 Å². The first-order valence-corrected chi connectivity index (χ1v) is 23.1. The van der Waals surface area contributed by atoms with Crippen molar-refractivity contribution in [3.8, 4) is 0 Å². The minimum Gasteiger partial charge on any atom is -0.394 e. The molecule has 64 heavy (non-hydrogen) atoms. The molecule has 4 aliphatic carbocycles. The number of ketones is 1. The molecule has 4 aliphatic heterocycles. The van der Waals surface area contributed by atoms with E-state index in [2.05, 4.69) is 26.0 Å². The molecule has 4 heterocycles. The van der Waals surface area contributed by atoms with Crippen LogP contribution in [0.25, 0.3) is 0 Å². The highest BCUT2D eigenvalue weighted by atomic mass is 16.8. The molecule has 0 aromatic rings. The number of hydrogen-bond acceptors (Lipinski definition) is 19. The highest BCUT2D eigenvalue weighted by Crippen LogP contribution is 2.65. The van der Waals surface area contributed by atoms with Crippen molar-refractivity contribution in [3.63, 3.8) is 0 Å². The van der Waals surface area contributed by atoms with Crippen LogP contribution in [0.5, 0.6) is 0 Å². The van der Waals surface area contributed by atoms with Crippen LogP contribution >= 0.6 is 0 Å². The van der Waals surface area contributed by atoms with Crippen LogP contribution in [0.4, 0.5) is 0 Å². The molecule has 0 bridgehead atoms. The van der Waals surface area contributed by atoms with Crippen LogP contribution in [-0.4, -0.2) is 192 Å². The summed E-state index contributed by atoms with van der Waals surface area (Å²) in [6.07, 6.45) is -20.0. The van der Waals surface area contributed by atoms with Gasteiger partial charge in [0, 0.05) is 0 Å². The fourth-order valence-corrected chi connectivity index (χ4v) is 12.5. The van der Waals surface area contributed by atoms with Crippen molar-refractivity contribution in [1.29, 1.82) is 0 Å². The van der Waals surface area contributed by atoms with Crippen molar-refractivity contribution in [3.05, 3.63) is 23.3 Å². The van der Waals surface area contributed by atoms with Crippen LogP contribution < -0.4 is 0 Å². The van der Waals surface area contributed by atoms with Crippen LogP contribution in [0.2, 0.25) is 0 Å². The lowest BCUT2D eigenvalue weighted by molar-refractivity contribution is -0.394. The van der Waals surface area contributed by atoms with Crippen molar-refractivity contribution >= 4 is 5.78 Å². The van der Waals surface area contributed by atoms with Gasteiger partial charge >= 0.3 is 0 Å². The molecule has 19 nitrogen and oxygen atoms in total. The van der Waals surface area contributed by atoms with Gasteiger partial charge < -0.3 is 89.0 Å². The van der Waals surface area contributed by atoms with E-state index in [9.17, 15) is 55.9 Å². The van der Waals surface area contributed by atoms with E-state index in [0.717, 1.165) is 37.7 Å². The summed E-state index contributed by atoms with van der Waals surface area (Å²) in [5.74, 6) is 1.43. The van der Waals surface area contributed by atoms with Crippen molar-refractivity contribution in [2.75, 3.05) is 6.61 Å². The van der Waals surface area contributed by atoms with E-state index in [0.29, 0.717) is 30.6 Å². The van der Waals surface area contributed by atoms with Gasteiger partial charge in [0.2, 0.25) is 0 Å². The number of hydrogen-bond donors (Lipinski definition) is 10. The molecular formula is C45H70O19. The minimum absolute atomic E-state index is 0.0936. The predicted octanol–water partition coefficient (Wildman–Crippen LogP) is -1.18. The maximum Gasteiger partial charge on any atom is 0.187 e. The lowest BCUT2D eigenvalue weighted by atomic mass is 9.47. The van der Waals surface area contributed by atoms with Gasteiger partial charge in [-0.1, -0.05) is 31.6 Å².